The van der Waals surface area contributed by atoms with Crippen LogP contribution in [0.15, 0.2) is 210 Å². The second-order valence-corrected chi connectivity index (χ2v) is 25.4. The van der Waals surface area contributed by atoms with Crippen molar-refractivity contribution < 1.29 is 90.6 Å². The van der Waals surface area contributed by atoms with Gasteiger partial charge in [0.05, 0.1) is 39.6 Å². The van der Waals surface area contributed by atoms with Crippen molar-refractivity contribution in [3.8, 4) is 0 Å². The van der Waals surface area contributed by atoms with Gasteiger partial charge in [0, 0.05) is 63.9 Å². The van der Waals surface area contributed by atoms with Crippen molar-refractivity contribution in [2.75, 3.05) is 55.6 Å². The van der Waals surface area contributed by atoms with E-state index in [4.69, 9.17) is 59.8 Å². The van der Waals surface area contributed by atoms with E-state index in [0.717, 1.165) is 0 Å². The summed E-state index contributed by atoms with van der Waals surface area (Å²) in [5.41, 5.74) is 15.5. The predicted octanol–water partition coefficient (Wildman–Crippen LogP) is 10.7. The molecule has 3 amide bonds. The maximum atomic E-state index is 13.8. The number of ketones is 1. The second kappa shape index (κ2) is 32.3. The van der Waals surface area contributed by atoms with Crippen LogP contribution >= 0.6 is 47.8 Å². The average molecular weight is 1600 g/mol. The van der Waals surface area contributed by atoms with Crippen LogP contribution in [-0.4, -0.2) is 99.0 Å². The van der Waals surface area contributed by atoms with Gasteiger partial charge < -0.3 is 80.6 Å². The minimum absolute atomic E-state index is 0.0302. The molecule has 6 aromatic carbocycles. The number of ether oxygens (including phenoxy) is 9. The standard InChI is InChI=1S/3C24H21BrN2O6.C3H6O/c3*1-3-31-21(28)17-19(13-8-6-5-7-9-13)33-20(26)18(22(29)32-4-2)24(17)15-12-14(25)10-11-16(15)27-23(24)30;1-3(2)4/h3*5-12H,3-4,26H2,1-2H3,(H,27,30);1-2H3. The summed E-state index contributed by atoms with van der Waals surface area (Å²) in [6, 6.07) is 41.3. The zero-order valence-electron chi connectivity index (χ0n) is 56.7. The molecule has 534 valence electrons. The van der Waals surface area contributed by atoms with Crippen LogP contribution < -0.4 is 33.2 Å². The summed E-state index contributed by atoms with van der Waals surface area (Å²) in [4.78, 5) is 131. The van der Waals surface area contributed by atoms with E-state index in [1.165, 1.54) is 13.8 Å². The Hall–Kier alpha value is -11.1. The highest BCUT2D eigenvalue weighted by molar-refractivity contribution is 9.11. The van der Waals surface area contributed by atoms with E-state index in [-0.39, 0.29) is 114 Å². The third-order valence-corrected chi connectivity index (χ3v) is 17.7. The second-order valence-electron chi connectivity index (χ2n) is 22.6. The Morgan fingerprint density at radius 1 is 0.350 bits per heavy atom. The van der Waals surface area contributed by atoms with Gasteiger partial charge in [0.15, 0.2) is 0 Å². The summed E-state index contributed by atoms with van der Waals surface area (Å²) in [5, 5.41) is 8.33. The van der Waals surface area contributed by atoms with Gasteiger partial charge in [0.25, 0.3) is 0 Å². The number of anilines is 3. The highest BCUT2D eigenvalue weighted by Gasteiger charge is 2.66. The lowest BCUT2D eigenvalue weighted by Gasteiger charge is -2.36. The molecule has 0 radical (unpaired) electrons. The van der Waals surface area contributed by atoms with Crippen LogP contribution in [0, 0.1) is 0 Å². The van der Waals surface area contributed by atoms with Crippen LogP contribution in [0.1, 0.15) is 88.8 Å². The topological polar surface area (TPSA) is 368 Å². The molecule has 3 spiro atoms. The first-order valence-corrected chi connectivity index (χ1v) is 34.5. The number of hydrogen-bond donors (Lipinski definition) is 6. The maximum absolute atomic E-state index is 13.8. The molecule has 0 bridgehead atoms. The number of fused-ring (bicyclic) bond motifs is 6. The van der Waals surface area contributed by atoms with Gasteiger partial charge in [0.1, 0.15) is 72.7 Å². The molecule has 6 aliphatic heterocycles. The molecule has 103 heavy (non-hydrogen) atoms. The van der Waals surface area contributed by atoms with Crippen molar-refractivity contribution in [1.82, 2.24) is 0 Å². The van der Waals surface area contributed by atoms with Crippen molar-refractivity contribution >= 4 is 141 Å². The van der Waals surface area contributed by atoms with E-state index < -0.39 is 69.8 Å². The Bertz CT molecular complexity index is 4230. The number of carbonyl (C=O) groups excluding carboxylic acids is 10. The number of rotatable bonds is 15. The van der Waals surface area contributed by atoms with E-state index in [0.29, 0.717) is 63.9 Å². The molecule has 0 aromatic heterocycles. The third-order valence-electron chi connectivity index (χ3n) is 16.2. The number of esters is 6. The first kappa shape index (κ1) is 76.1. The number of nitrogens with two attached hydrogens (primary N) is 3. The number of carbonyl (C=O) groups is 10. The highest BCUT2D eigenvalue weighted by atomic mass is 79.9. The molecule has 12 rings (SSSR count). The fraction of sp³-hybridized carbons (Fsp3) is 0.227. The lowest BCUT2D eigenvalue weighted by molar-refractivity contribution is -0.143. The molecule has 28 heteroatoms. The lowest BCUT2D eigenvalue weighted by Crippen LogP contribution is -2.48. The predicted molar refractivity (Wildman–Crippen MR) is 386 cm³/mol. The van der Waals surface area contributed by atoms with Crippen LogP contribution in [0.5, 0.6) is 0 Å². The number of amides is 3. The largest absolute Gasteiger partial charge is 0.462 e. The normalized spacial score (nSPS) is 18.7. The highest BCUT2D eigenvalue weighted by Crippen LogP contribution is 2.58. The summed E-state index contributed by atoms with van der Waals surface area (Å²) < 4.78 is 51.2. The Labute approximate surface area is 616 Å². The molecule has 0 saturated carbocycles. The first-order valence-electron chi connectivity index (χ1n) is 32.1. The summed E-state index contributed by atoms with van der Waals surface area (Å²) >= 11 is 10.3. The Morgan fingerprint density at radius 2 is 0.553 bits per heavy atom. The minimum Gasteiger partial charge on any atom is -0.462 e. The summed E-state index contributed by atoms with van der Waals surface area (Å²) in [7, 11) is 0. The molecule has 0 fully saturated rings. The molecular weight excluding hydrogens is 1530 g/mol. The molecule has 6 aliphatic rings. The van der Waals surface area contributed by atoms with Crippen molar-refractivity contribution in [2.45, 2.75) is 71.6 Å². The Morgan fingerprint density at radius 3 is 0.757 bits per heavy atom. The van der Waals surface area contributed by atoms with Gasteiger partial charge in [-0.15, -0.1) is 0 Å². The van der Waals surface area contributed by atoms with E-state index in [9.17, 15) is 47.9 Å². The zero-order valence-corrected chi connectivity index (χ0v) is 61.5. The van der Waals surface area contributed by atoms with Gasteiger partial charge in [0.2, 0.25) is 35.4 Å². The smallest absolute Gasteiger partial charge is 0.341 e. The minimum atomic E-state index is -1.94. The number of benzene rings is 6. The molecular formula is C75H69Br3N6O19. The van der Waals surface area contributed by atoms with E-state index in [2.05, 4.69) is 63.7 Å². The lowest BCUT2D eigenvalue weighted by atomic mass is 9.67. The fourth-order valence-corrected chi connectivity index (χ4v) is 13.6. The maximum Gasteiger partial charge on any atom is 0.341 e. The van der Waals surface area contributed by atoms with Crippen LogP contribution in [0.3, 0.4) is 0 Å². The Balaban J connectivity index is 0.000000175. The molecule has 3 unspecified atom stereocenters. The Kier molecular flexibility index (Phi) is 23.8. The molecule has 3 atom stereocenters. The quantitative estimate of drug-likeness (QED) is 0.0411. The number of halogens is 3. The summed E-state index contributed by atoms with van der Waals surface area (Å²) in [6.07, 6.45) is 0. The van der Waals surface area contributed by atoms with Crippen molar-refractivity contribution in [3.05, 3.63) is 243 Å². The van der Waals surface area contributed by atoms with Gasteiger partial charge in [-0.3, -0.25) is 14.4 Å². The first-order chi connectivity index (χ1) is 49.3. The van der Waals surface area contributed by atoms with Crippen molar-refractivity contribution in [3.63, 3.8) is 0 Å². The van der Waals surface area contributed by atoms with Crippen molar-refractivity contribution in [1.29, 1.82) is 0 Å². The van der Waals surface area contributed by atoms with E-state index >= 15 is 0 Å². The van der Waals surface area contributed by atoms with Gasteiger partial charge in [-0.05, 0) is 110 Å². The zero-order chi connectivity index (χ0) is 74.8. The van der Waals surface area contributed by atoms with Gasteiger partial charge in [-0.1, -0.05) is 139 Å². The molecule has 6 heterocycles. The number of nitrogens with one attached hydrogen (secondary N) is 3. The SMILES string of the molecule is CC(C)=O.CCOC(=O)C1=C(N)OC(c2ccccc2)=C(C(=O)OCC)C12C(=O)Nc1ccc(Br)cc12.CCOC(=O)C1=C(N)OC(c2ccccc2)=C(C(=O)OCC)C12C(=O)Nc1ccc(Br)cc12.CCOC(=O)C1=C(N)OC(c2ccccc2)=C(C(=O)OCC)C12C(=O)Nc1ccc(Br)cc12. The fourth-order valence-electron chi connectivity index (χ4n) is 12.5. The molecule has 6 aromatic rings. The number of Topliss-reactive ketones (excluding diaryl/α,β-unsaturated/α-hetero) is 1. The van der Waals surface area contributed by atoms with Gasteiger partial charge in [-0.2, -0.15) is 0 Å². The van der Waals surface area contributed by atoms with E-state index in [1.54, 1.807) is 187 Å². The van der Waals surface area contributed by atoms with Crippen LogP contribution in [0.25, 0.3) is 17.3 Å². The van der Waals surface area contributed by atoms with E-state index in [1.807, 2.05) is 0 Å². The third kappa shape index (κ3) is 14.1. The van der Waals surface area contributed by atoms with Gasteiger partial charge >= 0.3 is 35.8 Å². The van der Waals surface area contributed by atoms with Gasteiger partial charge in [-0.25, -0.2) is 28.8 Å². The summed E-state index contributed by atoms with van der Waals surface area (Å²) in [6.45, 7) is 13.1. The van der Waals surface area contributed by atoms with Crippen molar-refractivity contribution in [2.24, 2.45) is 17.2 Å². The molecule has 0 saturated heterocycles. The summed E-state index contributed by atoms with van der Waals surface area (Å²) in [5.74, 6) is -7.69. The number of hydrogen-bond acceptors (Lipinski definition) is 22. The average Bonchev–Trinajstić information content (AvgIpc) is 1.61. The molecule has 25 nitrogen and oxygen atoms in total. The van der Waals surface area contributed by atoms with Crippen LogP contribution in [-0.2, 0) is 107 Å². The molecule has 0 aliphatic carbocycles. The monoisotopic (exact) mass is 1590 g/mol. The van der Waals surface area contributed by atoms with Crippen LogP contribution in [0.2, 0.25) is 0 Å². The van der Waals surface area contributed by atoms with Crippen LogP contribution in [0.4, 0.5) is 17.1 Å². The molecule has 9 N–H and O–H groups in total.